The van der Waals surface area contributed by atoms with Crippen molar-refractivity contribution in [2.75, 3.05) is 0 Å². The van der Waals surface area contributed by atoms with Crippen LogP contribution in [0.2, 0.25) is 0 Å². The minimum absolute atomic E-state index is 0.169. The maximum absolute atomic E-state index is 10.8. The SMILES string of the molecule is CC(C)NC(CC(=O)O)C1CCCCC1. The highest BCUT2D eigenvalue weighted by Crippen LogP contribution is 2.28. The molecule has 0 spiro atoms. The lowest BCUT2D eigenvalue weighted by molar-refractivity contribution is -0.138. The van der Waals surface area contributed by atoms with Crippen LogP contribution in [0, 0.1) is 5.92 Å². The molecule has 1 unspecified atom stereocenters. The fourth-order valence-electron chi connectivity index (χ4n) is 2.51. The number of nitrogens with one attached hydrogen (secondary N) is 1. The van der Waals surface area contributed by atoms with Crippen LogP contribution in [0.4, 0.5) is 0 Å². The summed E-state index contributed by atoms with van der Waals surface area (Å²) in [4.78, 5) is 10.8. The highest BCUT2D eigenvalue weighted by Gasteiger charge is 2.25. The van der Waals surface area contributed by atoms with Gasteiger partial charge in [-0.25, -0.2) is 0 Å². The molecule has 1 atom stereocenters. The molecule has 0 bridgehead atoms. The van der Waals surface area contributed by atoms with E-state index >= 15 is 0 Å². The second-order valence-corrected chi connectivity index (χ2v) is 4.92. The van der Waals surface area contributed by atoms with Crippen LogP contribution in [-0.4, -0.2) is 23.2 Å². The average Bonchev–Trinajstić information content (AvgIpc) is 2.17. The number of carboxylic acid groups (broad SMARTS) is 1. The number of aliphatic carboxylic acids is 1. The number of hydrogen-bond acceptors (Lipinski definition) is 2. The summed E-state index contributed by atoms with van der Waals surface area (Å²) in [6.45, 7) is 4.16. The van der Waals surface area contributed by atoms with Gasteiger partial charge in [-0.15, -0.1) is 0 Å². The van der Waals surface area contributed by atoms with Crippen LogP contribution in [0.1, 0.15) is 52.4 Å². The first kappa shape index (κ1) is 12.5. The normalized spacial score (nSPS) is 20.5. The first-order chi connectivity index (χ1) is 7.09. The third-order valence-corrected chi connectivity index (χ3v) is 3.16. The first-order valence-corrected chi connectivity index (χ1v) is 6.07. The zero-order valence-corrected chi connectivity index (χ0v) is 9.83. The van der Waals surface area contributed by atoms with Crippen LogP contribution < -0.4 is 5.32 Å². The molecule has 0 amide bonds. The molecular weight excluding hydrogens is 190 g/mol. The maximum Gasteiger partial charge on any atom is 0.304 e. The molecule has 3 heteroatoms. The lowest BCUT2D eigenvalue weighted by atomic mass is 9.82. The Morgan fingerprint density at radius 2 is 1.93 bits per heavy atom. The highest BCUT2D eigenvalue weighted by molar-refractivity contribution is 5.67. The molecule has 1 saturated carbocycles. The van der Waals surface area contributed by atoms with Gasteiger partial charge in [-0.3, -0.25) is 4.79 Å². The van der Waals surface area contributed by atoms with Crippen LogP contribution in [0.3, 0.4) is 0 Å². The van der Waals surface area contributed by atoms with Gasteiger partial charge in [-0.2, -0.15) is 0 Å². The Bertz CT molecular complexity index is 198. The van der Waals surface area contributed by atoms with Gasteiger partial charge >= 0.3 is 5.97 Å². The van der Waals surface area contributed by atoms with Gasteiger partial charge in [0.2, 0.25) is 0 Å². The summed E-state index contributed by atoms with van der Waals surface area (Å²) < 4.78 is 0. The quantitative estimate of drug-likeness (QED) is 0.737. The van der Waals surface area contributed by atoms with E-state index in [1.54, 1.807) is 0 Å². The molecule has 0 aromatic rings. The smallest absolute Gasteiger partial charge is 0.304 e. The number of hydrogen-bond donors (Lipinski definition) is 2. The zero-order valence-electron chi connectivity index (χ0n) is 9.83. The molecule has 15 heavy (non-hydrogen) atoms. The predicted octanol–water partition coefficient (Wildman–Crippen LogP) is 2.41. The predicted molar refractivity (Wildman–Crippen MR) is 60.9 cm³/mol. The monoisotopic (exact) mass is 213 g/mol. The van der Waals surface area contributed by atoms with E-state index in [0.717, 1.165) is 0 Å². The lowest BCUT2D eigenvalue weighted by Crippen LogP contribution is -2.42. The van der Waals surface area contributed by atoms with Crippen molar-refractivity contribution in [3.63, 3.8) is 0 Å². The molecule has 2 N–H and O–H groups in total. The molecule has 0 aromatic heterocycles. The third-order valence-electron chi connectivity index (χ3n) is 3.16. The second kappa shape index (κ2) is 6.11. The second-order valence-electron chi connectivity index (χ2n) is 4.92. The number of carboxylic acids is 1. The Morgan fingerprint density at radius 1 is 1.33 bits per heavy atom. The largest absolute Gasteiger partial charge is 0.481 e. The maximum atomic E-state index is 10.8. The van der Waals surface area contributed by atoms with Gasteiger partial charge in [0.15, 0.2) is 0 Å². The average molecular weight is 213 g/mol. The molecule has 1 aliphatic rings. The van der Waals surface area contributed by atoms with Crippen LogP contribution >= 0.6 is 0 Å². The minimum Gasteiger partial charge on any atom is -0.481 e. The van der Waals surface area contributed by atoms with Gasteiger partial charge in [0, 0.05) is 12.1 Å². The Balaban J connectivity index is 2.48. The highest BCUT2D eigenvalue weighted by atomic mass is 16.4. The van der Waals surface area contributed by atoms with E-state index in [1.165, 1.54) is 32.1 Å². The number of carbonyl (C=O) groups is 1. The molecule has 1 fully saturated rings. The van der Waals surface area contributed by atoms with Crippen LogP contribution in [0.5, 0.6) is 0 Å². The van der Waals surface area contributed by atoms with E-state index < -0.39 is 5.97 Å². The van der Waals surface area contributed by atoms with Crippen molar-refractivity contribution >= 4 is 5.97 Å². The van der Waals surface area contributed by atoms with Crippen molar-refractivity contribution in [1.29, 1.82) is 0 Å². The van der Waals surface area contributed by atoms with E-state index in [4.69, 9.17) is 5.11 Å². The molecule has 1 rings (SSSR count). The van der Waals surface area contributed by atoms with Gasteiger partial charge < -0.3 is 10.4 Å². The Labute approximate surface area is 92.3 Å². The van der Waals surface area contributed by atoms with E-state index in [0.29, 0.717) is 12.0 Å². The standard InChI is InChI=1S/C12H23NO2/c1-9(2)13-11(8-12(14)15)10-6-4-3-5-7-10/h9-11,13H,3-8H2,1-2H3,(H,14,15). The molecule has 88 valence electrons. The third kappa shape index (κ3) is 4.65. The van der Waals surface area contributed by atoms with E-state index in [1.807, 2.05) is 0 Å². The molecule has 0 saturated heterocycles. The molecular formula is C12H23NO2. The molecule has 3 nitrogen and oxygen atoms in total. The first-order valence-electron chi connectivity index (χ1n) is 6.07. The molecule has 0 aromatic carbocycles. The Morgan fingerprint density at radius 3 is 2.40 bits per heavy atom. The summed E-state index contributed by atoms with van der Waals surface area (Å²) in [7, 11) is 0. The summed E-state index contributed by atoms with van der Waals surface area (Å²) in [5.41, 5.74) is 0. The van der Waals surface area contributed by atoms with Gasteiger partial charge in [0.05, 0.1) is 6.42 Å². The summed E-state index contributed by atoms with van der Waals surface area (Å²) in [5.74, 6) is -0.115. The molecule has 0 heterocycles. The Hall–Kier alpha value is -0.570. The van der Waals surface area contributed by atoms with Crippen molar-refractivity contribution in [2.45, 2.75) is 64.5 Å². The van der Waals surface area contributed by atoms with Gasteiger partial charge in [0.25, 0.3) is 0 Å². The minimum atomic E-state index is -0.682. The van der Waals surface area contributed by atoms with Crippen molar-refractivity contribution in [2.24, 2.45) is 5.92 Å². The molecule has 0 radical (unpaired) electrons. The fourth-order valence-corrected chi connectivity index (χ4v) is 2.51. The topological polar surface area (TPSA) is 49.3 Å². The summed E-state index contributed by atoms with van der Waals surface area (Å²) in [6.07, 6.45) is 6.50. The van der Waals surface area contributed by atoms with Crippen molar-refractivity contribution in [1.82, 2.24) is 5.32 Å². The number of rotatable bonds is 5. The lowest BCUT2D eigenvalue weighted by Gasteiger charge is -2.31. The van der Waals surface area contributed by atoms with Crippen LogP contribution in [-0.2, 0) is 4.79 Å². The molecule has 1 aliphatic carbocycles. The fraction of sp³-hybridized carbons (Fsp3) is 0.917. The Kier molecular flexibility index (Phi) is 5.09. The molecule has 0 aliphatic heterocycles. The van der Waals surface area contributed by atoms with Crippen LogP contribution in [0.15, 0.2) is 0 Å². The summed E-state index contributed by atoms with van der Waals surface area (Å²) in [6, 6.07) is 0.541. The van der Waals surface area contributed by atoms with E-state index in [2.05, 4.69) is 19.2 Å². The van der Waals surface area contributed by atoms with Crippen molar-refractivity contribution in [3.05, 3.63) is 0 Å². The van der Waals surface area contributed by atoms with Gasteiger partial charge in [-0.05, 0) is 18.8 Å². The summed E-state index contributed by atoms with van der Waals surface area (Å²) in [5, 5.41) is 12.3. The van der Waals surface area contributed by atoms with Crippen LogP contribution in [0.25, 0.3) is 0 Å². The van der Waals surface area contributed by atoms with Crippen molar-refractivity contribution in [3.8, 4) is 0 Å². The van der Waals surface area contributed by atoms with E-state index in [-0.39, 0.29) is 12.5 Å². The van der Waals surface area contributed by atoms with Crippen molar-refractivity contribution < 1.29 is 9.90 Å². The summed E-state index contributed by atoms with van der Waals surface area (Å²) >= 11 is 0. The zero-order chi connectivity index (χ0) is 11.3. The van der Waals surface area contributed by atoms with Gasteiger partial charge in [-0.1, -0.05) is 33.1 Å². The van der Waals surface area contributed by atoms with Gasteiger partial charge in [0.1, 0.15) is 0 Å². The van der Waals surface area contributed by atoms with E-state index in [9.17, 15) is 4.79 Å².